The highest BCUT2D eigenvalue weighted by atomic mass is 35.5. The molecular formula is C18H27ClN4O3. The number of hydrogen-bond donors (Lipinski definition) is 0. The largest absolute Gasteiger partial charge is 0.356 e. The standard InChI is InChI=1S/C18H27ClN4O3/c1-6-22(11-14-7-8-15(19)20-10-14)18-17(23(24)25)13(4)9-16(21(18)5)26-12(2)3/h7-8,10,12-13,16H,6,9,11H2,1-5H3. The van der Waals surface area contributed by atoms with Crippen molar-refractivity contribution in [1.82, 2.24) is 14.8 Å². The van der Waals surface area contributed by atoms with E-state index in [0.29, 0.717) is 30.5 Å². The second kappa shape index (κ2) is 8.68. The molecule has 1 aliphatic rings. The number of pyridine rings is 1. The maximum Gasteiger partial charge on any atom is 0.289 e. The first-order valence-electron chi connectivity index (χ1n) is 8.86. The molecule has 144 valence electrons. The van der Waals surface area contributed by atoms with E-state index in [4.69, 9.17) is 16.3 Å². The van der Waals surface area contributed by atoms with E-state index in [0.717, 1.165) is 5.56 Å². The summed E-state index contributed by atoms with van der Waals surface area (Å²) in [7, 11) is 1.86. The van der Waals surface area contributed by atoms with E-state index in [9.17, 15) is 10.1 Å². The number of nitro groups is 1. The van der Waals surface area contributed by atoms with Gasteiger partial charge in [-0.15, -0.1) is 0 Å². The van der Waals surface area contributed by atoms with Crippen molar-refractivity contribution < 1.29 is 9.66 Å². The van der Waals surface area contributed by atoms with Crippen LogP contribution in [0.2, 0.25) is 5.15 Å². The minimum atomic E-state index is -0.259. The van der Waals surface area contributed by atoms with Gasteiger partial charge in [0.15, 0.2) is 5.82 Å². The van der Waals surface area contributed by atoms with E-state index in [2.05, 4.69) is 4.98 Å². The van der Waals surface area contributed by atoms with Gasteiger partial charge in [-0.05, 0) is 32.4 Å². The molecule has 0 N–H and O–H groups in total. The molecule has 2 atom stereocenters. The molecule has 0 aromatic carbocycles. The summed E-state index contributed by atoms with van der Waals surface area (Å²) in [6.07, 6.45) is 2.14. The summed E-state index contributed by atoms with van der Waals surface area (Å²) in [6, 6.07) is 3.62. The molecule has 0 amide bonds. The van der Waals surface area contributed by atoms with Crippen molar-refractivity contribution >= 4 is 11.6 Å². The zero-order valence-corrected chi connectivity index (χ0v) is 16.7. The smallest absolute Gasteiger partial charge is 0.289 e. The Kier molecular flexibility index (Phi) is 6.83. The highest BCUT2D eigenvalue weighted by Gasteiger charge is 2.40. The monoisotopic (exact) mass is 382 g/mol. The molecule has 7 nitrogen and oxygen atoms in total. The fourth-order valence-corrected chi connectivity index (χ4v) is 3.39. The van der Waals surface area contributed by atoms with E-state index >= 15 is 0 Å². The van der Waals surface area contributed by atoms with Crippen molar-refractivity contribution in [3.05, 3.63) is 50.7 Å². The first-order chi connectivity index (χ1) is 12.2. The zero-order chi connectivity index (χ0) is 19.4. The van der Waals surface area contributed by atoms with Crippen LogP contribution in [-0.2, 0) is 11.3 Å². The van der Waals surface area contributed by atoms with Crippen LogP contribution in [0.3, 0.4) is 0 Å². The Labute approximate surface area is 159 Å². The van der Waals surface area contributed by atoms with Gasteiger partial charge in [-0.2, -0.15) is 0 Å². The topological polar surface area (TPSA) is 71.7 Å². The van der Waals surface area contributed by atoms with Crippen molar-refractivity contribution in [2.45, 2.75) is 53.0 Å². The van der Waals surface area contributed by atoms with Gasteiger partial charge in [-0.3, -0.25) is 10.1 Å². The maximum atomic E-state index is 11.8. The van der Waals surface area contributed by atoms with Gasteiger partial charge in [0.25, 0.3) is 5.70 Å². The van der Waals surface area contributed by atoms with Gasteiger partial charge >= 0.3 is 0 Å². The van der Waals surface area contributed by atoms with Crippen molar-refractivity contribution in [1.29, 1.82) is 0 Å². The van der Waals surface area contributed by atoms with Gasteiger partial charge in [-0.1, -0.05) is 24.6 Å². The van der Waals surface area contributed by atoms with E-state index in [-0.39, 0.29) is 28.9 Å². The Morgan fingerprint density at radius 2 is 2.19 bits per heavy atom. The molecule has 0 fully saturated rings. The Morgan fingerprint density at radius 3 is 2.69 bits per heavy atom. The molecule has 26 heavy (non-hydrogen) atoms. The molecule has 2 unspecified atom stereocenters. The Hall–Kier alpha value is -1.86. The third-order valence-electron chi connectivity index (χ3n) is 4.49. The zero-order valence-electron chi connectivity index (χ0n) is 16.0. The van der Waals surface area contributed by atoms with E-state index in [1.54, 1.807) is 12.3 Å². The highest BCUT2D eigenvalue weighted by Crippen LogP contribution is 2.34. The summed E-state index contributed by atoms with van der Waals surface area (Å²) in [4.78, 5) is 19.5. The lowest BCUT2D eigenvalue weighted by Gasteiger charge is -2.42. The third-order valence-corrected chi connectivity index (χ3v) is 4.71. The van der Waals surface area contributed by atoms with Crippen molar-refractivity contribution in [3.63, 3.8) is 0 Å². The molecule has 0 saturated heterocycles. The number of halogens is 1. The van der Waals surface area contributed by atoms with Crippen LogP contribution in [0.4, 0.5) is 0 Å². The van der Waals surface area contributed by atoms with Crippen LogP contribution in [-0.4, -0.2) is 45.6 Å². The molecule has 0 saturated carbocycles. The third kappa shape index (κ3) is 4.65. The van der Waals surface area contributed by atoms with Crippen LogP contribution in [0.1, 0.15) is 39.7 Å². The molecule has 2 heterocycles. The summed E-state index contributed by atoms with van der Waals surface area (Å²) in [5.74, 6) is 0.411. The van der Waals surface area contributed by atoms with Gasteiger partial charge in [0.2, 0.25) is 0 Å². The molecular weight excluding hydrogens is 356 g/mol. The second-order valence-corrected chi connectivity index (χ2v) is 7.24. The van der Waals surface area contributed by atoms with Crippen molar-refractivity contribution in [3.8, 4) is 0 Å². The number of aromatic nitrogens is 1. The number of allylic oxidation sites excluding steroid dienone is 1. The van der Waals surface area contributed by atoms with Crippen molar-refractivity contribution in [2.75, 3.05) is 13.6 Å². The number of nitrogens with zero attached hydrogens (tertiary/aromatic N) is 4. The predicted molar refractivity (Wildman–Crippen MR) is 101 cm³/mol. The molecule has 8 heteroatoms. The van der Waals surface area contributed by atoms with Crippen LogP contribution in [0.5, 0.6) is 0 Å². The molecule has 0 aliphatic carbocycles. The Bertz CT molecular complexity index is 663. The molecule has 1 aromatic rings. The van der Waals surface area contributed by atoms with Crippen LogP contribution in [0.25, 0.3) is 0 Å². The lowest BCUT2D eigenvalue weighted by Crippen LogP contribution is -2.47. The first-order valence-corrected chi connectivity index (χ1v) is 9.24. The summed E-state index contributed by atoms with van der Waals surface area (Å²) < 4.78 is 6.01. The molecule has 0 radical (unpaired) electrons. The summed E-state index contributed by atoms with van der Waals surface area (Å²) >= 11 is 5.86. The van der Waals surface area contributed by atoms with Gasteiger partial charge in [0, 0.05) is 32.8 Å². The van der Waals surface area contributed by atoms with Crippen LogP contribution >= 0.6 is 11.6 Å². The average molecular weight is 383 g/mol. The van der Waals surface area contributed by atoms with Gasteiger partial charge in [-0.25, -0.2) is 4.98 Å². The lowest BCUT2D eigenvalue weighted by atomic mass is 9.97. The minimum absolute atomic E-state index is 0.0450. The fraction of sp³-hybridized carbons (Fsp3) is 0.611. The quantitative estimate of drug-likeness (QED) is 0.406. The number of hydrogen-bond acceptors (Lipinski definition) is 6. The predicted octanol–water partition coefficient (Wildman–Crippen LogP) is 3.73. The highest BCUT2D eigenvalue weighted by molar-refractivity contribution is 6.29. The number of rotatable bonds is 7. The van der Waals surface area contributed by atoms with E-state index < -0.39 is 0 Å². The van der Waals surface area contributed by atoms with Crippen LogP contribution in [0, 0.1) is 16.0 Å². The molecule has 1 aromatic heterocycles. The SMILES string of the molecule is CCN(Cc1ccc(Cl)nc1)C1=C([N+](=O)[O-])C(C)CC(OC(C)C)N1C. The second-order valence-electron chi connectivity index (χ2n) is 6.86. The van der Waals surface area contributed by atoms with Crippen molar-refractivity contribution in [2.24, 2.45) is 5.92 Å². The van der Waals surface area contributed by atoms with E-state index in [1.165, 1.54) is 0 Å². The normalized spacial score (nSPS) is 20.7. The maximum absolute atomic E-state index is 11.8. The van der Waals surface area contributed by atoms with Gasteiger partial charge < -0.3 is 14.5 Å². The number of ether oxygens (including phenoxy) is 1. The Balaban J connectivity index is 2.40. The first kappa shape index (κ1) is 20.5. The summed E-state index contributed by atoms with van der Waals surface area (Å²) in [6.45, 7) is 8.96. The molecule has 0 spiro atoms. The molecule has 1 aliphatic heterocycles. The molecule has 2 rings (SSSR count). The Morgan fingerprint density at radius 1 is 1.50 bits per heavy atom. The summed E-state index contributed by atoms with van der Waals surface area (Å²) in [5.41, 5.74) is 1.18. The van der Waals surface area contributed by atoms with Gasteiger partial charge in [0.05, 0.1) is 16.9 Å². The van der Waals surface area contributed by atoms with E-state index in [1.807, 2.05) is 50.6 Å². The van der Waals surface area contributed by atoms with Gasteiger partial charge in [0.1, 0.15) is 11.4 Å². The summed E-state index contributed by atoms with van der Waals surface area (Å²) in [5, 5.41) is 12.2. The molecule has 0 bridgehead atoms. The van der Waals surface area contributed by atoms with Crippen LogP contribution in [0.15, 0.2) is 29.8 Å². The lowest BCUT2D eigenvalue weighted by molar-refractivity contribution is -0.440. The average Bonchev–Trinajstić information content (AvgIpc) is 2.56. The fourth-order valence-electron chi connectivity index (χ4n) is 3.27. The minimum Gasteiger partial charge on any atom is -0.356 e. The van der Waals surface area contributed by atoms with Crippen LogP contribution < -0.4 is 0 Å².